The van der Waals surface area contributed by atoms with E-state index >= 15 is 0 Å². The molecule has 1 heterocycles. The molecule has 0 fully saturated rings. The number of aromatic nitrogens is 2. The van der Waals surface area contributed by atoms with Crippen LogP contribution in [0.2, 0.25) is 0 Å². The van der Waals surface area contributed by atoms with Crippen LogP contribution in [0.25, 0.3) is 10.9 Å². The number of para-hydroxylation sites is 1. The molecule has 3 nitrogen and oxygen atoms in total. The lowest BCUT2D eigenvalue weighted by molar-refractivity contribution is -0.735. The zero-order valence-electron chi connectivity index (χ0n) is 7.58. The summed E-state index contributed by atoms with van der Waals surface area (Å²) in [7, 11) is 3.94. The molecule has 1 aromatic heterocycles. The highest BCUT2D eigenvalue weighted by Crippen LogP contribution is 2.25. The van der Waals surface area contributed by atoms with Crippen LogP contribution in [0.3, 0.4) is 0 Å². The monoisotopic (exact) mass is 240 g/mol. The number of fused-ring (bicyclic) bond motifs is 1. The predicted octanol–water partition coefficient (Wildman–Crippen LogP) is 1.35. The normalized spacial score (nSPS) is 11.0. The Morgan fingerprint density at radius 2 is 2.15 bits per heavy atom. The molecule has 68 valence electrons. The van der Waals surface area contributed by atoms with E-state index in [4.69, 9.17) is 5.73 Å². The molecule has 2 aromatic rings. The van der Waals surface area contributed by atoms with Crippen LogP contribution in [0.15, 0.2) is 22.7 Å². The minimum absolute atomic E-state index is 0.791. The topological polar surface area (TPSA) is 34.8 Å². The van der Waals surface area contributed by atoms with Crippen molar-refractivity contribution in [1.82, 2.24) is 4.68 Å². The predicted molar refractivity (Wildman–Crippen MR) is 56.2 cm³/mol. The fraction of sp³-hybridized carbons (Fsp3) is 0.222. The van der Waals surface area contributed by atoms with Crippen molar-refractivity contribution < 1.29 is 4.68 Å². The zero-order valence-corrected chi connectivity index (χ0v) is 9.17. The number of nitrogen functional groups attached to an aromatic ring is 1. The Hall–Kier alpha value is -1.03. The van der Waals surface area contributed by atoms with Gasteiger partial charge in [0, 0.05) is 11.5 Å². The van der Waals surface area contributed by atoms with E-state index in [-0.39, 0.29) is 0 Å². The van der Waals surface area contributed by atoms with Crippen molar-refractivity contribution >= 4 is 32.7 Å². The Morgan fingerprint density at radius 3 is 2.77 bits per heavy atom. The lowest BCUT2D eigenvalue weighted by Gasteiger charge is -1.96. The fourth-order valence-corrected chi connectivity index (χ4v) is 2.16. The number of rotatable bonds is 0. The molecule has 0 aliphatic carbocycles. The van der Waals surface area contributed by atoms with E-state index in [1.165, 1.54) is 0 Å². The van der Waals surface area contributed by atoms with Crippen LogP contribution in [0.4, 0.5) is 5.82 Å². The van der Waals surface area contributed by atoms with Gasteiger partial charge in [0.25, 0.3) is 0 Å². The van der Waals surface area contributed by atoms with Crippen molar-refractivity contribution in [3.63, 3.8) is 0 Å². The van der Waals surface area contributed by atoms with Gasteiger partial charge in [-0.25, -0.2) is 4.68 Å². The maximum atomic E-state index is 5.93. The summed E-state index contributed by atoms with van der Waals surface area (Å²) in [4.78, 5) is 0. The van der Waals surface area contributed by atoms with Gasteiger partial charge in [-0.05, 0) is 28.1 Å². The van der Waals surface area contributed by atoms with Crippen molar-refractivity contribution in [2.45, 2.75) is 0 Å². The number of hydrogen-bond acceptors (Lipinski definition) is 1. The lowest BCUT2D eigenvalue weighted by Crippen LogP contribution is -2.39. The van der Waals surface area contributed by atoms with E-state index in [2.05, 4.69) is 15.9 Å². The maximum absolute atomic E-state index is 5.93. The molecule has 2 rings (SSSR count). The maximum Gasteiger partial charge on any atom is 0.300 e. The standard InChI is InChI=1S/C9H10BrN3/c1-12-8-6(9(11)13(12)2)4-3-5-7(8)10/h3-5,11H,1-2H3/p+1. The van der Waals surface area contributed by atoms with Gasteiger partial charge in [-0.2, -0.15) is 4.68 Å². The quantitative estimate of drug-likeness (QED) is 0.694. The summed E-state index contributed by atoms with van der Waals surface area (Å²) in [5.74, 6) is 0.791. The molecule has 1 aromatic carbocycles. The molecule has 0 saturated carbocycles. The molecule has 0 bridgehead atoms. The summed E-state index contributed by atoms with van der Waals surface area (Å²) in [5.41, 5.74) is 7.06. The molecule has 0 aliphatic heterocycles. The first-order chi connectivity index (χ1) is 6.13. The Morgan fingerprint density at radius 1 is 1.46 bits per heavy atom. The van der Waals surface area contributed by atoms with Gasteiger partial charge in [0.1, 0.15) is 12.6 Å². The van der Waals surface area contributed by atoms with Gasteiger partial charge < -0.3 is 0 Å². The van der Waals surface area contributed by atoms with Crippen LogP contribution in [-0.2, 0) is 14.1 Å². The molecule has 0 atom stereocenters. The highest BCUT2D eigenvalue weighted by molar-refractivity contribution is 9.10. The van der Waals surface area contributed by atoms with Gasteiger partial charge in [-0.3, -0.25) is 5.73 Å². The van der Waals surface area contributed by atoms with Crippen molar-refractivity contribution in [3.05, 3.63) is 22.7 Å². The largest absolute Gasteiger partial charge is 0.300 e. The number of halogens is 1. The molecule has 4 heteroatoms. The molecule has 0 radical (unpaired) electrons. The molecule has 0 spiro atoms. The lowest BCUT2D eigenvalue weighted by atomic mass is 10.2. The first-order valence-corrected chi connectivity index (χ1v) is 4.81. The Kier molecular flexibility index (Phi) is 1.80. The second-order valence-electron chi connectivity index (χ2n) is 3.07. The number of nitrogens with zero attached hydrogens (tertiary/aromatic N) is 2. The SMILES string of the molecule is Cn1c2c(Br)cccc2c(N)[n+]1C. The van der Waals surface area contributed by atoms with Crippen LogP contribution in [-0.4, -0.2) is 4.68 Å². The zero-order chi connectivity index (χ0) is 9.59. The van der Waals surface area contributed by atoms with Crippen molar-refractivity contribution in [2.24, 2.45) is 14.1 Å². The van der Waals surface area contributed by atoms with E-state index in [1.54, 1.807) is 0 Å². The summed E-state index contributed by atoms with van der Waals surface area (Å²) >= 11 is 3.51. The summed E-state index contributed by atoms with van der Waals surface area (Å²) in [5, 5.41) is 1.08. The van der Waals surface area contributed by atoms with E-state index in [9.17, 15) is 0 Å². The molecule has 0 aliphatic rings. The third-order valence-corrected chi connectivity index (χ3v) is 3.02. The Bertz CT molecular complexity index is 473. The van der Waals surface area contributed by atoms with Gasteiger partial charge in [-0.1, -0.05) is 6.07 Å². The molecular weight excluding hydrogens is 230 g/mol. The van der Waals surface area contributed by atoms with Crippen molar-refractivity contribution in [3.8, 4) is 0 Å². The number of benzene rings is 1. The van der Waals surface area contributed by atoms with Crippen LogP contribution in [0.5, 0.6) is 0 Å². The first-order valence-electron chi connectivity index (χ1n) is 4.01. The molecule has 0 amide bonds. The molecule has 0 unspecified atom stereocenters. The van der Waals surface area contributed by atoms with Crippen LogP contribution in [0, 0.1) is 0 Å². The molecule has 0 saturated heterocycles. The van der Waals surface area contributed by atoms with Gasteiger partial charge >= 0.3 is 5.82 Å². The van der Waals surface area contributed by atoms with Crippen LogP contribution < -0.4 is 10.4 Å². The fourth-order valence-electron chi connectivity index (χ4n) is 1.54. The minimum atomic E-state index is 0.791. The minimum Gasteiger partial charge on any atom is -0.285 e. The van der Waals surface area contributed by atoms with Crippen LogP contribution >= 0.6 is 15.9 Å². The summed E-state index contributed by atoms with van der Waals surface area (Å²) in [6, 6.07) is 6.03. The summed E-state index contributed by atoms with van der Waals surface area (Å²) in [6.45, 7) is 0. The average Bonchev–Trinajstić information content (AvgIpc) is 2.33. The van der Waals surface area contributed by atoms with Gasteiger partial charge in [-0.15, -0.1) is 0 Å². The van der Waals surface area contributed by atoms with E-state index < -0.39 is 0 Å². The third-order valence-electron chi connectivity index (χ3n) is 2.38. The average molecular weight is 241 g/mol. The second-order valence-corrected chi connectivity index (χ2v) is 3.92. The molecular formula is C9H11BrN3+. The second kappa shape index (κ2) is 2.73. The third kappa shape index (κ3) is 1.05. The highest BCUT2D eigenvalue weighted by Gasteiger charge is 2.15. The number of anilines is 1. The van der Waals surface area contributed by atoms with Gasteiger partial charge in [0.2, 0.25) is 0 Å². The Labute approximate surface area is 84.9 Å². The van der Waals surface area contributed by atoms with E-state index in [0.717, 1.165) is 21.2 Å². The number of nitrogens with two attached hydrogens (primary N) is 1. The number of hydrogen-bond donors (Lipinski definition) is 1. The van der Waals surface area contributed by atoms with Crippen molar-refractivity contribution in [2.75, 3.05) is 5.73 Å². The first kappa shape index (κ1) is 8.56. The van der Waals surface area contributed by atoms with Gasteiger partial charge in [0.15, 0.2) is 0 Å². The summed E-state index contributed by atoms with van der Waals surface area (Å²) in [6.07, 6.45) is 0. The van der Waals surface area contributed by atoms with E-state index in [0.29, 0.717) is 0 Å². The van der Waals surface area contributed by atoms with Crippen LogP contribution in [0.1, 0.15) is 0 Å². The molecule has 13 heavy (non-hydrogen) atoms. The number of aryl methyl sites for hydroxylation is 1. The van der Waals surface area contributed by atoms with Crippen molar-refractivity contribution in [1.29, 1.82) is 0 Å². The smallest absolute Gasteiger partial charge is 0.285 e. The molecule has 2 N–H and O–H groups in total. The Balaban J connectivity index is 3.03. The highest BCUT2D eigenvalue weighted by atomic mass is 79.9. The summed E-state index contributed by atoms with van der Waals surface area (Å²) < 4.78 is 5.02. The van der Waals surface area contributed by atoms with Gasteiger partial charge in [0.05, 0.1) is 5.39 Å². The van der Waals surface area contributed by atoms with E-state index in [1.807, 2.05) is 41.7 Å².